The largest absolute Gasteiger partial charge is 0.369 e. The van der Waals surface area contributed by atoms with Crippen molar-refractivity contribution in [1.29, 1.82) is 0 Å². The molecule has 41 heavy (non-hydrogen) atoms. The maximum Gasteiger partial charge on any atom is 0.240 e. The number of aryl methyl sites for hydroxylation is 1. The summed E-state index contributed by atoms with van der Waals surface area (Å²) < 4.78 is 27.9. The van der Waals surface area contributed by atoms with E-state index in [1.54, 1.807) is 30.5 Å². The van der Waals surface area contributed by atoms with E-state index in [9.17, 15) is 13.2 Å². The van der Waals surface area contributed by atoms with Crippen LogP contribution in [0.25, 0.3) is 11.1 Å². The lowest BCUT2D eigenvalue weighted by Crippen LogP contribution is -2.34. The van der Waals surface area contributed by atoms with Crippen molar-refractivity contribution in [3.05, 3.63) is 95.7 Å². The highest BCUT2D eigenvalue weighted by atomic mass is 32.2. The first-order chi connectivity index (χ1) is 19.8. The summed E-state index contributed by atoms with van der Waals surface area (Å²) in [5.74, 6) is 1.09. The quantitative estimate of drug-likeness (QED) is 0.277. The first-order valence-electron chi connectivity index (χ1n) is 13.8. The van der Waals surface area contributed by atoms with E-state index in [1.165, 1.54) is 0 Å². The van der Waals surface area contributed by atoms with Crippen LogP contribution in [0.15, 0.2) is 83.9 Å². The maximum absolute atomic E-state index is 13.2. The lowest BCUT2D eigenvalue weighted by atomic mass is 9.91. The lowest BCUT2D eigenvalue weighted by Gasteiger charge is -2.18. The van der Waals surface area contributed by atoms with Crippen molar-refractivity contribution in [3.63, 3.8) is 0 Å². The van der Waals surface area contributed by atoms with E-state index in [2.05, 4.69) is 44.7 Å². The van der Waals surface area contributed by atoms with Gasteiger partial charge in [-0.25, -0.2) is 18.1 Å². The Morgan fingerprint density at radius 2 is 1.80 bits per heavy atom. The van der Waals surface area contributed by atoms with Gasteiger partial charge in [0.05, 0.1) is 10.3 Å². The Labute approximate surface area is 239 Å². The molecule has 1 fully saturated rings. The molecule has 1 amide bonds. The molecule has 2 aliphatic rings. The highest BCUT2D eigenvalue weighted by Gasteiger charge is 2.51. The molecule has 210 valence electrons. The van der Waals surface area contributed by atoms with E-state index in [-0.39, 0.29) is 10.8 Å². The zero-order valence-corrected chi connectivity index (χ0v) is 23.6. The van der Waals surface area contributed by atoms with Crippen LogP contribution in [0.1, 0.15) is 36.0 Å². The number of fused-ring (bicyclic) bond motifs is 4. The summed E-state index contributed by atoms with van der Waals surface area (Å²) in [4.78, 5) is 22.5. The van der Waals surface area contributed by atoms with Gasteiger partial charge in [0, 0.05) is 37.1 Å². The SMILES string of the molecule is Cc1ccccc1C1(C(=O)NCc2ccc(-c3cnc4nc3NCCCNS(=O)(=O)c3cccc(c3)N4)cc2)CC1. The number of amides is 1. The third-order valence-electron chi connectivity index (χ3n) is 7.69. The molecule has 1 aromatic heterocycles. The minimum Gasteiger partial charge on any atom is -0.369 e. The monoisotopic (exact) mass is 568 g/mol. The average molecular weight is 569 g/mol. The zero-order chi connectivity index (χ0) is 28.5. The molecule has 2 heterocycles. The number of hydrogen-bond acceptors (Lipinski definition) is 7. The van der Waals surface area contributed by atoms with Crippen molar-refractivity contribution in [2.75, 3.05) is 23.7 Å². The summed E-state index contributed by atoms with van der Waals surface area (Å²) in [6.07, 6.45) is 4.08. The maximum atomic E-state index is 13.2. The first kappa shape index (κ1) is 26.9. The topological polar surface area (TPSA) is 125 Å². The number of sulfonamides is 1. The van der Waals surface area contributed by atoms with Crippen LogP contribution < -0.4 is 20.7 Å². The number of rotatable bonds is 5. The van der Waals surface area contributed by atoms with Gasteiger partial charge in [-0.1, -0.05) is 54.6 Å². The van der Waals surface area contributed by atoms with Gasteiger partial charge in [-0.05, 0) is 66.6 Å². The van der Waals surface area contributed by atoms with E-state index in [0.717, 1.165) is 40.7 Å². The van der Waals surface area contributed by atoms with E-state index >= 15 is 0 Å². The minimum atomic E-state index is -3.61. The number of carbonyl (C=O) groups excluding carboxylic acids is 1. The van der Waals surface area contributed by atoms with Crippen LogP contribution in [0.5, 0.6) is 0 Å². The van der Waals surface area contributed by atoms with E-state index in [0.29, 0.717) is 43.5 Å². The molecule has 0 saturated heterocycles. The Morgan fingerprint density at radius 1 is 1.00 bits per heavy atom. The standard InChI is InChI=1S/C31H32N6O3S/c1-21-6-2-3-9-27(21)31(14-15-31)29(38)33-19-22-10-12-23(13-11-22)26-20-34-30-36-24-7-4-8-25(18-24)41(39,40)35-17-5-16-32-28(26)37-30/h2-4,6-13,18,20,35H,5,14-17,19H2,1H3,(H,33,38)(H2,32,34,36,37). The molecule has 0 unspecified atom stereocenters. The molecule has 1 aliphatic carbocycles. The van der Waals surface area contributed by atoms with Gasteiger partial charge < -0.3 is 16.0 Å². The van der Waals surface area contributed by atoms with Crippen molar-refractivity contribution < 1.29 is 13.2 Å². The molecule has 0 atom stereocenters. The summed E-state index contributed by atoms with van der Waals surface area (Å²) in [5, 5.41) is 9.60. The Balaban J connectivity index is 1.18. The van der Waals surface area contributed by atoms with Crippen LogP contribution in [0.4, 0.5) is 17.5 Å². The Morgan fingerprint density at radius 3 is 2.59 bits per heavy atom. The van der Waals surface area contributed by atoms with Crippen LogP contribution in [-0.4, -0.2) is 37.4 Å². The van der Waals surface area contributed by atoms with Gasteiger partial charge in [-0.15, -0.1) is 0 Å². The van der Waals surface area contributed by atoms with Gasteiger partial charge in [0.25, 0.3) is 0 Å². The normalized spacial score (nSPS) is 17.0. The average Bonchev–Trinajstić information content (AvgIpc) is 3.78. The zero-order valence-electron chi connectivity index (χ0n) is 22.8. The van der Waals surface area contributed by atoms with Gasteiger partial charge >= 0.3 is 0 Å². The second-order valence-electron chi connectivity index (χ2n) is 10.6. The van der Waals surface area contributed by atoms with Crippen molar-refractivity contribution in [2.45, 2.75) is 43.0 Å². The molecule has 3 aromatic carbocycles. The predicted molar refractivity (Wildman–Crippen MR) is 159 cm³/mol. The molecule has 0 radical (unpaired) electrons. The summed E-state index contributed by atoms with van der Waals surface area (Å²) >= 11 is 0. The smallest absolute Gasteiger partial charge is 0.240 e. The molecule has 9 nitrogen and oxygen atoms in total. The van der Waals surface area contributed by atoms with Gasteiger partial charge in [-0.3, -0.25) is 4.79 Å². The lowest BCUT2D eigenvalue weighted by molar-refractivity contribution is -0.123. The molecule has 0 spiro atoms. The number of carbonyl (C=O) groups is 1. The molecule has 1 aliphatic heterocycles. The Kier molecular flexibility index (Phi) is 7.19. The summed E-state index contributed by atoms with van der Waals surface area (Å²) in [6.45, 7) is 3.33. The molecule has 1 saturated carbocycles. The third-order valence-corrected chi connectivity index (χ3v) is 9.15. The molecular formula is C31H32N6O3S. The first-order valence-corrected chi connectivity index (χ1v) is 15.2. The third kappa shape index (κ3) is 5.66. The Hall–Kier alpha value is -4.28. The molecule has 10 heteroatoms. The summed E-state index contributed by atoms with van der Waals surface area (Å²) in [5.41, 5.74) is 5.21. The second kappa shape index (κ2) is 10.9. The van der Waals surface area contributed by atoms with Crippen LogP contribution in [-0.2, 0) is 26.8 Å². The van der Waals surface area contributed by atoms with E-state index in [4.69, 9.17) is 4.98 Å². The highest BCUT2D eigenvalue weighted by Crippen LogP contribution is 2.49. The molecule has 4 N–H and O–H groups in total. The fourth-order valence-electron chi connectivity index (χ4n) is 5.25. The number of aromatic nitrogens is 2. The fourth-order valence-corrected chi connectivity index (χ4v) is 6.37. The molecule has 4 bridgehead atoms. The number of anilines is 3. The van der Waals surface area contributed by atoms with E-state index < -0.39 is 15.4 Å². The van der Waals surface area contributed by atoms with Crippen LogP contribution in [0.2, 0.25) is 0 Å². The summed E-state index contributed by atoms with van der Waals surface area (Å²) in [7, 11) is -3.61. The van der Waals surface area contributed by atoms with Gasteiger partial charge in [0.1, 0.15) is 5.82 Å². The number of benzene rings is 3. The Bertz CT molecular complexity index is 1700. The van der Waals surface area contributed by atoms with Gasteiger partial charge in [0.2, 0.25) is 21.9 Å². The van der Waals surface area contributed by atoms with Crippen molar-refractivity contribution in [3.8, 4) is 11.1 Å². The number of nitrogens with one attached hydrogen (secondary N) is 4. The molecule has 4 aromatic rings. The van der Waals surface area contributed by atoms with Crippen molar-refractivity contribution in [1.82, 2.24) is 20.0 Å². The van der Waals surface area contributed by atoms with Gasteiger partial charge in [0.15, 0.2) is 0 Å². The van der Waals surface area contributed by atoms with Crippen molar-refractivity contribution >= 4 is 33.4 Å². The highest BCUT2D eigenvalue weighted by molar-refractivity contribution is 7.89. The summed E-state index contributed by atoms with van der Waals surface area (Å²) in [6, 6.07) is 22.7. The van der Waals surface area contributed by atoms with E-state index in [1.807, 2.05) is 36.4 Å². The molecular weight excluding hydrogens is 536 g/mol. The van der Waals surface area contributed by atoms with Crippen LogP contribution >= 0.6 is 0 Å². The number of hydrogen-bond donors (Lipinski definition) is 4. The fraction of sp³-hybridized carbons (Fsp3) is 0.258. The number of nitrogens with zero attached hydrogens (tertiary/aromatic N) is 2. The van der Waals surface area contributed by atoms with Crippen LogP contribution in [0, 0.1) is 6.92 Å². The van der Waals surface area contributed by atoms with Gasteiger partial charge in [-0.2, -0.15) is 4.98 Å². The minimum absolute atomic E-state index is 0.0793. The predicted octanol–water partition coefficient (Wildman–Crippen LogP) is 4.64. The van der Waals surface area contributed by atoms with Crippen molar-refractivity contribution in [2.24, 2.45) is 0 Å². The van der Waals surface area contributed by atoms with Crippen LogP contribution in [0.3, 0.4) is 0 Å². The second-order valence-corrected chi connectivity index (χ2v) is 12.3. The molecule has 6 rings (SSSR count).